The fourth-order valence-corrected chi connectivity index (χ4v) is 4.76. The second kappa shape index (κ2) is 9.62. The van der Waals surface area contributed by atoms with Crippen molar-refractivity contribution in [3.63, 3.8) is 0 Å². The van der Waals surface area contributed by atoms with Gasteiger partial charge >= 0.3 is 0 Å². The number of nitrogens with zero attached hydrogens (tertiary/aromatic N) is 2. The van der Waals surface area contributed by atoms with Crippen molar-refractivity contribution in [1.29, 1.82) is 0 Å². The zero-order chi connectivity index (χ0) is 24.6. The van der Waals surface area contributed by atoms with Crippen LogP contribution in [-0.4, -0.2) is 47.0 Å². The molecule has 0 saturated carbocycles. The van der Waals surface area contributed by atoms with Crippen LogP contribution in [0.15, 0.2) is 36.5 Å². The number of carbonyl (C=O) groups excluding carboxylic acids is 2. The van der Waals surface area contributed by atoms with Gasteiger partial charge in [-0.25, -0.2) is 4.39 Å². The molecule has 182 valence electrons. The van der Waals surface area contributed by atoms with E-state index >= 15 is 0 Å². The minimum atomic E-state index is -0.632. The van der Waals surface area contributed by atoms with Crippen LogP contribution in [-0.2, 0) is 14.9 Å². The zero-order valence-corrected chi connectivity index (χ0v) is 20.7. The molecule has 0 spiro atoms. The SMILES string of the molecule is C[C@@H]1CC[C@H](C(=O)N[C@@H](c2ccc(Cl)cc2F)C2COC2)N1C(=O)c1ccnc(C(C)(C)C)c1. The van der Waals surface area contributed by atoms with E-state index in [9.17, 15) is 14.0 Å². The summed E-state index contributed by atoms with van der Waals surface area (Å²) in [4.78, 5) is 33.1. The molecular formula is C26H31ClFN3O3. The molecule has 0 bridgehead atoms. The van der Waals surface area contributed by atoms with Gasteiger partial charge in [-0.15, -0.1) is 0 Å². The summed E-state index contributed by atoms with van der Waals surface area (Å²) in [5, 5.41) is 3.32. The van der Waals surface area contributed by atoms with E-state index in [-0.39, 0.29) is 29.2 Å². The van der Waals surface area contributed by atoms with Gasteiger partial charge in [-0.2, -0.15) is 0 Å². The molecule has 34 heavy (non-hydrogen) atoms. The van der Waals surface area contributed by atoms with Crippen LogP contribution in [0.1, 0.15) is 68.2 Å². The lowest BCUT2D eigenvalue weighted by molar-refractivity contribution is -0.128. The highest BCUT2D eigenvalue weighted by molar-refractivity contribution is 6.30. The Morgan fingerprint density at radius 3 is 2.56 bits per heavy atom. The Morgan fingerprint density at radius 2 is 1.94 bits per heavy atom. The average molecular weight is 488 g/mol. The van der Waals surface area contributed by atoms with Crippen molar-refractivity contribution in [2.75, 3.05) is 13.2 Å². The molecule has 0 radical (unpaired) electrons. The molecule has 1 N–H and O–H groups in total. The van der Waals surface area contributed by atoms with Crippen LogP contribution in [0.2, 0.25) is 5.02 Å². The Balaban J connectivity index is 1.57. The number of nitrogens with one attached hydrogen (secondary N) is 1. The fourth-order valence-electron chi connectivity index (χ4n) is 4.61. The largest absolute Gasteiger partial charge is 0.381 e. The Labute approximate surface area is 204 Å². The van der Waals surface area contributed by atoms with Gasteiger partial charge in [0.1, 0.15) is 11.9 Å². The van der Waals surface area contributed by atoms with Gasteiger partial charge in [0.2, 0.25) is 5.91 Å². The van der Waals surface area contributed by atoms with Crippen molar-refractivity contribution in [3.8, 4) is 0 Å². The number of amides is 2. The molecule has 1 aromatic heterocycles. The summed E-state index contributed by atoms with van der Waals surface area (Å²) in [5.74, 6) is -0.991. The lowest BCUT2D eigenvalue weighted by atomic mass is 9.90. The summed E-state index contributed by atoms with van der Waals surface area (Å²) < 4.78 is 20.0. The molecular weight excluding hydrogens is 457 g/mol. The van der Waals surface area contributed by atoms with Crippen LogP contribution >= 0.6 is 11.6 Å². The number of benzene rings is 1. The van der Waals surface area contributed by atoms with Gasteiger partial charge in [-0.05, 0) is 44.0 Å². The first-order valence-corrected chi connectivity index (χ1v) is 12.1. The van der Waals surface area contributed by atoms with Crippen molar-refractivity contribution < 1.29 is 18.7 Å². The molecule has 8 heteroatoms. The van der Waals surface area contributed by atoms with Crippen molar-refractivity contribution >= 4 is 23.4 Å². The molecule has 3 heterocycles. The molecule has 6 nitrogen and oxygen atoms in total. The van der Waals surface area contributed by atoms with E-state index in [2.05, 4.69) is 10.3 Å². The molecule has 0 unspecified atom stereocenters. The highest BCUT2D eigenvalue weighted by Crippen LogP contribution is 2.33. The quantitative estimate of drug-likeness (QED) is 0.665. The number of ether oxygens (including phenoxy) is 1. The van der Waals surface area contributed by atoms with Gasteiger partial charge in [-0.1, -0.05) is 38.4 Å². The number of likely N-dealkylation sites (tertiary alicyclic amines) is 1. The Morgan fingerprint density at radius 1 is 1.21 bits per heavy atom. The van der Waals surface area contributed by atoms with Gasteiger partial charge < -0.3 is 15.0 Å². The minimum absolute atomic E-state index is 0.0443. The van der Waals surface area contributed by atoms with Crippen LogP contribution in [0.3, 0.4) is 0 Å². The summed E-state index contributed by atoms with van der Waals surface area (Å²) in [6.45, 7) is 8.94. The number of aromatic nitrogens is 1. The maximum Gasteiger partial charge on any atom is 0.254 e. The topological polar surface area (TPSA) is 71.5 Å². The summed E-state index contributed by atoms with van der Waals surface area (Å²) in [7, 11) is 0. The van der Waals surface area contributed by atoms with Crippen molar-refractivity contribution in [3.05, 3.63) is 64.2 Å². The summed E-state index contributed by atoms with van der Waals surface area (Å²) in [6, 6.07) is 6.68. The fraction of sp³-hybridized carbons (Fsp3) is 0.500. The third-order valence-electron chi connectivity index (χ3n) is 6.71. The number of halogens is 2. The van der Waals surface area contributed by atoms with E-state index in [0.717, 1.165) is 5.69 Å². The lowest BCUT2D eigenvalue weighted by Crippen LogP contribution is -2.51. The second-order valence-electron chi connectivity index (χ2n) is 10.3. The molecule has 2 fully saturated rings. The van der Waals surface area contributed by atoms with E-state index in [4.69, 9.17) is 16.3 Å². The predicted molar refractivity (Wildman–Crippen MR) is 128 cm³/mol. The average Bonchev–Trinajstić information content (AvgIpc) is 3.12. The molecule has 0 aliphatic carbocycles. The monoisotopic (exact) mass is 487 g/mol. The summed E-state index contributed by atoms with van der Waals surface area (Å²) >= 11 is 5.93. The number of hydrogen-bond donors (Lipinski definition) is 1. The number of rotatable bonds is 5. The van der Waals surface area contributed by atoms with Gasteiger partial charge in [0.25, 0.3) is 5.91 Å². The zero-order valence-electron chi connectivity index (χ0n) is 20.0. The van der Waals surface area contributed by atoms with Gasteiger partial charge in [0, 0.05) is 45.4 Å². The molecule has 4 rings (SSSR count). The summed E-state index contributed by atoms with van der Waals surface area (Å²) in [6.07, 6.45) is 2.90. The van der Waals surface area contributed by atoms with E-state index in [1.54, 1.807) is 35.4 Å². The van der Waals surface area contributed by atoms with Crippen molar-refractivity contribution in [1.82, 2.24) is 15.2 Å². The van der Waals surface area contributed by atoms with E-state index < -0.39 is 17.9 Å². The first-order chi connectivity index (χ1) is 16.1. The Kier molecular flexibility index (Phi) is 6.97. The van der Waals surface area contributed by atoms with E-state index in [0.29, 0.717) is 42.2 Å². The Bertz CT molecular complexity index is 1080. The summed E-state index contributed by atoms with van der Waals surface area (Å²) in [5.41, 5.74) is 1.50. The molecule has 2 aliphatic rings. The lowest BCUT2D eigenvalue weighted by Gasteiger charge is -2.36. The first kappa shape index (κ1) is 24.6. The molecule has 3 atom stereocenters. The minimum Gasteiger partial charge on any atom is -0.381 e. The Hall–Kier alpha value is -2.51. The molecule has 1 aromatic carbocycles. The van der Waals surface area contributed by atoms with Crippen LogP contribution in [0.4, 0.5) is 4.39 Å². The van der Waals surface area contributed by atoms with Crippen LogP contribution in [0.5, 0.6) is 0 Å². The van der Waals surface area contributed by atoms with Crippen molar-refractivity contribution in [2.45, 2.75) is 64.1 Å². The number of hydrogen-bond acceptors (Lipinski definition) is 4. The first-order valence-electron chi connectivity index (χ1n) is 11.7. The van der Waals surface area contributed by atoms with E-state index in [1.165, 1.54) is 6.07 Å². The maximum atomic E-state index is 14.7. The van der Waals surface area contributed by atoms with Crippen LogP contribution < -0.4 is 5.32 Å². The van der Waals surface area contributed by atoms with E-state index in [1.807, 2.05) is 27.7 Å². The van der Waals surface area contributed by atoms with Crippen LogP contribution in [0, 0.1) is 11.7 Å². The van der Waals surface area contributed by atoms with Crippen molar-refractivity contribution in [2.24, 2.45) is 5.92 Å². The third-order valence-corrected chi connectivity index (χ3v) is 6.95. The molecule has 2 aliphatic heterocycles. The molecule has 2 aromatic rings. The second-order valence-corrected chi connectivity index (χ2v) is 10.7. The third kappa shape index (κ3) is 4.96. The van der Waals surface area contributed by atoms with Gasteiger partial charge in [-0.3, -0.25) is 14.6 Å². The predicted octanol–water partition coefficient (Wildman–Crippen LogP) is 4.67. The van der Waals surface area contributed by atoms with Gasteiger partial charge in [0.05, 0.1) is 19.3 Å². The number of pyridine rings is 1. The standard InChI is InChI=1S/C26H31ClFN3O3/c1-15-5-8-21(31(15)25(33)16-9-10-29-22(11-16)26(2,3)4)24(32)30-23(17-13-34-14-17)19-7-6-18(27)12-20(19)28/h6-7,9-12,15,17,21,23H,5,8,13-14H2,1-4H3,(H,30,32)/t15-,21-,23-/m1/s1. The normalized spacial score (nSPS) is 21.8. The number of carbonyl (C=O) groups is 2. The smallest absolute Gasteiger partial charge is 0.254 e. The highest BCUT2D eigenvalue weighted by atomic mass is 35.5. The van der Waals surface area contributed by atoms with Crippen LogP contribution in [0.25, 0.3) is 0 Å². The highest BCUT2D eigenvalue weighted by Gasteiger charge is 2.41. The maximum absolute atomic E-state index is 14.7. The molecule has 2 amide bonds. The molecule has 2 saturated heterocycles. The van der Waals surface area contributed by atoms with Gasteiger partial charge in [0.15, 0.2) is 0 Å².